The van der Waals surface area contributed by atoms with Crippen LogP contribution in [0.5, 0.6) is 0 Å². The molecule has 2 heterocycles. The summed E-state index contributed by atoms with van der Waals surface area (Å²) in [6, 6.07) is 8.14. The quantitative estimate of drug-likeness (QED) is 0.764. The molecule has 0 bridgehead atoms. The molecule has 3 aromatic rings. The van der Waals surface area contributed by atoms with E-state index in [1.54, 1.807) is 11.3 Å². The Balaban J connectivity index is 1.84. The van der Waals surface area contributed by atoms with Crippen molar-refractivity contribution < 1.29 is 4.79 Å². The molecule has 3 nitrogen and oxygen atoms in total. The summed E-state index contributed by atoms with van der Waals surface area (Å²) in [5.74, 6) is -0.0980. The van der Waals surface area contributed by atoms with Crippen LogP contribution in [-0.2, 0) is 6.54 Å². The van der Waals surface area contributed by atoms with Crippen molar-refractivity contribution in [2.75, 3.05) is 5.73 Å². The molecule has 0 fully saturated rings. The van der Waals surface area contributed by atoms with Crippen LogP contribution in [0.3, 0.4) is 0 Å². The zero-order valence-corrected chi connectivity index (χ0v) is 13.5. The minimum absolute atomic E-state index is 0.0980. The van der Waals surface area contributed by atoms with Gasteiger partial charge in [-0.2, -0.15) is 0 Å². The first-order valence-electron chi connectivity index (χ1n) is 6.66. The number of aryl methyl sites for hydroxylation is 2. The number of amides is 1. The van der Waals surface area contributed by atoms with Crippen LogP contribution in [0.25, 0.3) is 10.1 Å². The molecule has 0 unspecified atom stereocenters. The number of carbonyl (C=O) groups excluding carboxylic acids is 1. The second-order valence-electron chi connectivity index (χ2n) is 5.05. The van der Waals surface area contributed by atoms with Crippen LogP contribution < -0.4 is 11.1 Å². The molecule has 0 saturated heterocycles. The number of hydrogen-bond donors (Lipinski definition) is 2. The normalized spacial score (nSPS) is 11.0. The fraction of sp³-hybridized carbons (Fsp3) is 0.188. The predicted octanol–water partition coefficient (Wildman–Crippen LogP) is 4.09. The molecule has 5 heteroatoms. The molecule has 0 aliphatic carbocycles. The lowest BCUT2D eigenvalue weighted by molar-refractivity contribution is 0.0956. The molecule has 0 radical (unpaired) electrons. The number of nitrogens with one attached hydrogen (secondary N) is 1. The lowest BCUT2D eigenvalue weighted by Crippen LogP contribution is -2.22. The van der Waals surface area contributed by atoms with Crippen LogP contribution in [-0.4, -0.2) is 5.91 Å². The van der Waals surface area contributed by atoms with Gasteiger partial charge in [-0.3, -0.25) is 4.79 Å². The van der Waals surface area contributed by atoms with Crippen molar-refractivity contribution in [2.24, 2.45) is 0 Å². The second kappa shape index (κ2) is 5.50. The summed E-state index contributed by atoms with van der Waals surface area (Å²) < 4.78 is 1.05. The monoisotopic (exact) mass is 316 g/mol. The maximum atomic E-state index is 12.4. The molecule has 0 atom stereocenters. The van der Waals surface area contributed by atoms with Gasteiger partial charge in [-0.15, -0.1) is 22.7 Å². The summed E-state index contributed by atoms with van der Waals surface area (Å²) in [5, 5.41) is 5.97. The number of benzene rings is 1. The Morgan fingerprint density at radius 2 is 2.10 bits per heavy atom. The lowest BCUT2D eigenvalue weighted by Gasteiger charge is -2.03. The van der Waals surface area contributed by atoms with Crippen LogP contribution in [0.1, 0.15) is 25.7 Å². The van der Waals surface area contributed by atoms with Crippen molar-refractivity contribution in [1.29, 1.82) is 0 Å². The highest BCUT2D eigenvalue weighted by molar-refractivity contribution is 7.21. The fourth-order valence-corrected chi connectivity index (χ4v) is 4.09. The molecule has 2 aromatic heterocycles. The van der Waals surface area contributed by atoms with Gasteiger partial charge in [0.1, 0.15) is 4.88 Å². The minimum atomic E-state index is -0.0980. The smallest absolute Gasteiger partial charge is 0.263 e. The van der Waals surface area contributed by atoms with Gasteiger partial charge in [0.05, 0.1) is 12.2 Å². The van der Waals surface area contributed by atoms with Crippen molar-refractivity contribution in [3.8, 4) is 0 Å². The predicted molar refractivity (Wildman–Crippen MR) is 91.2 cm³/mol. The highest BCUT2D eigenvalue weighted by Gasteiger charge is 2.16. The Morgan fingerprint density at radius 3 is 2.81 bits per heavy atom. The molecular weight excluding hydrogens is 300 g/mol. The zero-order chi connectivity index (χ0) is 15.0. The van der Waals surface area contributed by atoms with E-state index in [0.717, 1.165) is 15.6 Å². The third-order valence-electron chi connectivity index (χ3n) is 3.47. The van der Waals surface area contributed by atoms with Crippen molar-refractivity contribution in [2.45, 2.75) is 20.4 Å². The first kappa shape index (κ1) is 14.1. The van der Waals surface area contributed by atoms with E-state index in [-0.39, 0.29) is 5.91 Å². The summed E-state index contributed by atoms with van der Waals surface area (Å²) in [6.45, 7) is 4.62. The van der Waals surface area contributed by atoms with Gasteiger partial charge in [-0.05, 0) is 43.0 Å². The molecule has 3 rings (SSSR count). The van der Waals surface area contributed by atoms with Gasteiger partial charge in [0.25, 0.3) is 5.91 Å². The fourth-order valence-electron chi connectivity index (χ4n) is 2.23. The van der Waals surface area contributed by atoms with Gasteiger partial charge in [0.15, 0.2) is 0 Å². The first-order chi connectivity index (χ1) is 10.1. The van der Waals surface area contributed by atoms with Crippen LogP contribution >= 0.6 is 22.7 Å². The number of anilines is 1. The third-order valence-corrected chi connectivity index (χ3v) is 5.67. The number of carbonyl (C=O) groups is 1. The van der Waals surface area contributed by atoms with Crippen molar-refractivity contribution in [1.82, 2.24) is 5.32 Å². The summed E-state index contributed by atoms with van der Waals surface area (Å²) in [4.78, 5) is 14.1. The molecule has 1 aromatic carbocycles. The van der Waals surface area contributed by atoms with Gasteiger partial charge in [0.2, 0.25) is 0 Å². The number of fused-ring (bicyclic) bond motifs is 1. The van der Waals surface area contributed by atoms with E-state index >= 15 is 0 Å². The Kier molecular flexibility index (Phi) is 3.69. The van der Waals surface area contributed by atoms with E-state index in [1.807, 2.05) is 30.5 Å². The highest BCUT2D eigenvalue weighted by atomic mass is 32.1. The minimum Gasteiger partial charge on any atom is -0.397 e. The number of nitrogen functional groups attached to an aromatic ring is 1. The van der Waals surface area contributed by atoms with Crippen LogP contribution in [0.4, 0.5) is 5.69 Å². The maximum Gasteiger partial charge on any atom is 0.263 e. The topological polar surface area (TPSA) is 55.1 Å². The van der Waals surface area contributed by atoms with Crippen molar-refractivity contribution in [3.05, 3.63) is 50.5 Å². The summed E-state index contributed by atoms with van der Waals surface area (Å²) in [6.07, 6.45) is 0. The zero-order valence-electron chi connectivity index (χ0n) is 11.9. The van der Waals surface area contributed by atoms with E-state index < -0.39 is 0 Å². The maximum absolute atomic E-state index is 12.4. The molecule has 21 heavy (non-hydrogen) atoms. The Morgan fingerprint density at radius 1 is 1.29 bits per heavy atom. The third kappa shape index (κ3) is 2.66. The largest absolute Gasteiger partial charge is 0.397 e. The molecule has 0 spiro atoms. The number of nitrogens with two attached hydrogens (primary N) is 1. The van der Waals surface area contributed by atoms with Crippen molar-refractivity contribution >= 4 is 44.4 Å². The lowest BCUT2D eigenvalue weighted by atomic mass is 10.1. The average molecular weight is 316 g/mol. The molecule has 0 aliphatic rings. The Bertz CT molecular complexity index is 817. The van der Waals surface area contributed by atoms with Gasteiger partial charge in [0, 0.05) is 15.0 Å². The molecule has 0 aliphatic heterocycles. The van der Waals surface area contributed by atoms with E-state index in [0.29, 0.717) is 17.1 Å². The van der Waals surface area contributed by atoms with Gasteiger partial charge in [-0.25, -0.2) is 0 Å². The van der Waals surface area contributed by atoms with Crippen LogP contribution in [0.2, 0.25) is 0 Å². The Hall–Kier alpha value is -1.85. The average Bonchev–Trinajstić information content (AvgIpc) is 3.01. The summed E-state index contributed by atoms with van der Waals surface area (Å²) in [7, 11) is 0. The van der Waals surface area contributed by atoms with Gasteiger partial charge >= 0.3 is 0 Å². The summed E-state index contributed by atoms with van der Waals surface area (Å²) in [5.41, 5.74) is 9.08. The Labute approximate surface area is 131 Å². The van der Waals surface area contributed by atoms with E-state index in [9.17, 15) is 4.79 Å². The van der Waals surface area contributed by atoms with Gasteiger partial charge in [-0.1, -0.05) is 11.6 Å². The number of thiophene rings is 2. The summed E-state index contributed by atoms with van der Waals surface area (Å²) >= 11 is 3.10. The van der Waals surface area contributed by atoms with Crippen molar-refractivity contribution in [3.63, 3.8) is 0 Å². The van der Waals surface area contributed by atoms with E-state index in [1.165, 1.54) is 21.8 Å². The molecule has 1 amide bonds. The molecule has 0 saturated carbocycles. The highest BCUT2D eigenvalue weighted by Crippen LogP contribution is 2.34. The SMILES string of the molecule is Cc1ccc2sc(C(=O)NCc3sccc3C)c(N)c2c1. The molecule has 3 N–H and O–H groups in total. The van der Waals surface area contributed by atoms with E-state index in [4.69, 9.17) is 5.73 Å². The second-order valence-corrected chi connectivity index (χ2v) is 7.11. The number of rotatable bonds is 3. The first-order valence-corrected chi connectivity index (χ1v) is 8.35. The van der Waals surface area contributed by atoms with Crippen LogP contribution in [0.15, 0.2) is 29.6 Å². The van der Waals surface area contributed by atoms with E-state index in [2.05, 4.69) is 18.3 Å². The van der Waals surface area contributed by atoms with Crippen LogP contribution in [0, 0.1) is 13.8 Å². The molecule has 108 valence electrons. The van der Waals surface area contributed by atoms with Gasteiger partial charge < -0.3 is 11.1 Å². The molecular formula is C16H16N2OS2. The number of hydrogen-bond acceptors (Lipinski definition) is 4. The standard InChI is InChI=1S/C16H16N2OS2/c1-9-3-4-12-11(7-9)14(17)15(21-12)16(19)18-8-13-10(2)5-6-20-13/h3-7H,8,17H2,1-2H3,(H,18,19).